The minimum absolute atomic E-state index is 0.460. The summed E-state index contributed by atoms with van der Waals surface area (Å²) in [4.78, 5) is 4.03. The zero-order valence-electron chi connectivity index (χ0n) is 19.9. The molecule has 3 N–H and O–H groups in total. The highest BCUT2D eigenvalue weighted by atomic mass is 32.2. The van der Waals surface area contributed by atoms with E-state index in [2.05, 4.69) is 15.0 Å². The van der Waals surface area contributed by atoms with Crippen LogP contribution in [0.4, 0.5) is 5.69 Å². The number of aliphatic hydroxyl groups excluding tert-OH is 1. The van der Waals surface area contributed by atoms with Crippen LogP contribution in [0, 0.1) is 11.8 Å². The van der Waals surface area contributed by atoms with Gasteiger partial charge in [-0.2, -0.15) is 12.7 Å². The van der Waals surface area contributed by atoms with E-state index in [1.54, 1.807) is 16.7 Å². The molecule has 1 aliphatic heterocycles. The molecule has 34 heavy (non-hydrogen) atoms. The van der Waals surface area contributed by atoms with Gasteiger partial charge in [-0.1, -0.05) is 50.3 Å². The van der Waals surface area contributed by atoms with Crippen LogP contribution in [0.1, 0.15) is 62.2 Å². The van der Waals surface area contributed by atoms with E-state index in [4.69, 9.17) is 0 Å². The number of piperidine rings is 1. The number of hydrogen-bond donors (Lipinski definition) is 3. The molecular formula is C26H38N4O3S. The molecule has 8 heteroatoms. The van der Waals surface area contributed by atoms with E-state index in [1.807, 2.05) is 36.4 Å². The van der Waals surface area contributed by atoms with Gasteiger partial charge >= 0.3 is 10.2 Å². The van der Waals surface area contributed by atoms with Crippen molar-refractivity contribution in [2.24, 2.45) is 11.8 Å². The number of rotatable bonds is 10. The van der Waals surface area contributed by atoms with Crippen LogP contribution in [0.2, 0.25) is 0 Å². The van der Waals surface area contributed by atoms with Crippen LogP contribution in [-0.4, -0.2) is 49.0 Å². The molecule has 0 spiro atoms. The Kier molecular flexibility index (Phi) is 8.94. The highest BCUT2D eigenvalue weighted by molar-refractivity contribution is 7.90. The van der Waals surface area contributed by atoms with Gasteiger partial charge in [-0.15, -0.1) is 0 Å². The third-order valence-corrected chi connectivity index (χ3v) is 8.78. The summed E-state index contributed by atoms with van der Waals surface area (Å²) < 4.78 is 30.5. The number of nitrogens with one attached hydrogen (secondary N) is 2. The van der Waals surface area contributed by atoms with E-state index in [1.165, 1.54) is 32.1 Å². The molecular weight excluding hydrogens is 448 g/mol. The van der Waals surface area contributed by atoms with Crippen molar-refractivity contribution in [3.05, 3.63) is 59.9 Å². The summed E-state index contributed by atoms with van der Waals surface area (Å²) in [6.07, 6.45) is 12.1. The lowest BCUT2D eigenvalue weighted by Crippen LogP contribution is -2.44. The molecule has 0 radical (unpaired) electrons. The predicted molar refractivity (Wildman–Crippen MR) is 136 cm³/mol. The Bertz CT molecular complexity index is 979. The van der Waals surface area contributed by atoms with Crippen LogP contribution in [0.25, 0.3) is 0 Å². The minimum Gasteiger partial charge on any atom is -0.387 e. The SMILES string of the molecule is O=S(=O)(Nc1ccc(CCNC[C@H](O)c2cccnc2)cc1)N1CCCC(C2CCCCC2)C1. The molecule has 1 saturated heterocycles. The molecule has 2 aliphatic rings. The van der Waals surface area contributed by atoms with Gasteiger partial charge in [0.15, 0.2) is 0 Å². The number of hydrogen-bond acceptors (Lipinski definition) is 5. The van der Waals surface area contributed by atoms with E-state index in [-0.39, 0.29) is 0 Å². The van der Waals surface area contributed by atoms with Gasteiger partial charge in [0.25, 0.3) is 0 Å². The lowest BCUT2D eigenvalue weighted by molar-refractivity contribution is 0.165. The number of aromatic nitrogens is 1. The number of benzene rings is 1. The third-order valence-electron chi connectivity index (χ3n) is 7.28. The summed E-state index contributed by atoms with van der Waals surface area (Å²) >= 11 is 0. The molecule has 7 nitrogen and oxygen atoms in total. The molecule has 186 valence electrons. The zero-order chi connectivity index (χ0) is 23.8. The summed E-state index contributed by atoms with van der Waals surface area (Å²) in [6.45, 7) is 2.43. The van der Waals surface area contributed by atoms with Gasteiger partial charge in [0.1, 0.15) is 0 Å². The molecule has 2 fully saturated rings. The largest absolute Gasteiger partial charge is 0.387 e. The number of nitrogens with zero attached hydrogens (tertiary/aromatic N) is 2. The van der Waals surface area contributed by atoms with E-state index in [9.17, 15) is 13.5 Å². The maximum atomic E-state index is 13.0. The first-order valence-corrected chi connectivity index (χ1v) is 14.1. The average Bonchev–Trinajstić information content (AvgIpc) is 2.88. The molecule has 1 saturated carbocycles. The van der Waals surface area contributed by atoms with E-state index in [0.717, 1.165) is 36.9 Å². The van der Waals surface area contributed by atoms with E-state index in [0.29, 0.717) is 37.2 Å². The van der Waals surface area contributed by atoms with Crippen LogP contribution in [0.3, 0.4) is 0 Å². The third kappa shape index (κ3) is 7.01. The topological polar surface area (TPSA) is 94.6 Å². The maximum Gasteiger partial charge on any atom is 0.301 e. The normalized spacial score (nSPS) is 21.3. The Morgan fingerprint density at radius 1 is 1.03 bits per heavy atom. The first kappa shape index (κ1) is 25.1. The van der Waals surface area contributed by atoms with E-state index >= 15 is 0 Å². The van der Waals surface area contributed by atoms with Crippen LogP contribution in [-0.2, 0) is 16.6 Å². The molecule has 2 atom stereocenters. The lowest BCUT2D eigenvalue weighted by Gasteiger charge is -2.37. The highest BCUT2D eigenvalue weighted by Gasteiger charge is 2.33. The van der Waals surface area contributed by atoms with Crippen LogP contribution in [0.5, 0.6) is 0 Å². The molecule has 1 aromatic carbocycles. The van der Waals surface area contributed by atoms with Gasteiger partial charge < -0.3 is 10.4 Å². The van der Waals surface area contributed by atoms with Crippen LogP contribution < -0.4 is 10.0 Å². The van der Waals surface area contributed by atoms with Gasteiger partial charge in [0.05, 0.1) is 6.10 Å². The van der Waals surface area contributed by atoms with Crippen molar-refractivity contribution in [3.8, 4) is 0 Å². The number of aliphatic hydroxyl groups is 1. The standard InChI is InChI=1S/C26H38N4O3S/c31-26(23-8-4-15-27-18-23)19-28-16-14-21-10-12-25(13-11-21)29-34(32,33)30-17-5-9-24(20-30)22-6-2-1-3-7-22/h4,8,10-13,15,18,22,24,26,28-29,31H,1-3,5-7,9,14,16-17,19-20H2/t24?,26-/m0/s1. The second-order valence-corrected chi connectivity index (χ2v) is 11.4. The summed E-state index contributed by atoms with van der Waals surface area (Å²) in [6, 6.07) is 11.3. The molecule has 0 amide bonds. The summed E-state index contributed by atoms with van der Waals surface area (Å²) in [5.41, 5.74) is 2.51. The Hall–Kier alpha value is -2.00. The molecule has 4 rings (SSSR count). The minimum atomic E-state index is -3.54. The summed E-state index contributed by atoms with van der Waals surface area (Å²) in [5.74, 6) is 1.18. The fourth-order valence-corrected chi connectivity index (χ4v) is 6.62. The monoisotopic (exact) mass is 486 g/mol. The average molecular weight is 487 g/mol. The van der Waals surface area contributed by atoms with Crippen molar-refractivity contribution in [3.63, 3.8) is 0 Å². The predicted octanol–water partition coefficient (Wildman–Crippen LogP) is 3.90. The first-order valence-electron chi connectivity index (χ1n) is 12.7. The van der Waals surface area contributed by atoms with Crippen molar-refractivity contribution < 1.29 is 13.5 Å². The van der Waals surface area contributed by atoms with Gasteiger partial charge in [0.2, 0.25) is 0 Å². The number of anilines is 1. The lowest BCUT2D eigenvalue weighted by atomic mass is 9.77. The van der Waals surface area contributed by atoms with Crippen molar-refractivity contribution in [1.29, 1.82) is 0 Å². The maximum absolute atomic E-state index is 13.0. The fourth-order valence-electron chi connectivity index (χ4n) is 5.30. The molecule has 2 aromatic rings. The quantitative estimate of drug-likeness (QED) is 0.443. The van der Waals surface area contributed by atoms with Crippen LogP contribution >= 0.6 is 0 Å². The van der Waals surface area contributed by atoms with Gasteiger partial charge in [-0.05, 0) is 61.4 Å². The smallest absolute Gasteiger partial charge is 0.301 e. The summed E-state index contributed by atoms with van der Waals surface area (Å²) in [5, 5.41) is 13.5. The van der Waals surface area contributed by atoms with Crippen molar-refractivity contribution in [2.75, 3.05) is 30.9 Å². The van der Waals surface area contributed by atoms with Gasteiger partial charge in [0, 0.05) is 43.3 Å². The molecule has 0 bridgehead atoms. The molecule has 1 unspecified atom stereocenters. The van der Waals surface area contributed by atoms with Crippen LogP contribution in [0.15, 0.2) is 48.8 Å². The summed E-state index contributed by atoms with van der Waals surface area (Å²) in [7, 11) is -3.54. The van der Waals surface area contributed by atoms with Crippen molar-refractivity contribution >= 4 is 15.9 Å². The van der Waals surface area contributed by atoms with Gasteiger partial charge in [-0.25, -0.2) is 0 Å². The Balaban J connectivity index is 1.23. The number of pyridine rings is 1. The molecule has 1 aromatic heterocycles. The zero-order valence-corrected chi connectivity index (χ0v) is 20.7. The molecule has 2 heterocycles. The molecule has 1 aliphatic carbocycles. The second kappa shape index (κ2) is 12.1. The van der Waals surface area contributed by atoms with Gasteiger partial charge in [-0.3, -0.25) is 9.71 Å². The fraction of sp³-hybridized carbons (Fsp3) is 0.577. The van der Waals surface area contributed by atoms with Crippen molar-refractivity contribution in [2.45, 2.75) is 57.5 Å². The van der Waals surface area contributed by atoms with Crippen molar-refractivity contribution in [1.82, 2.24) is 14.6 Å². The highest BCUT2D eigenvalue weighted by Crippen LogP contribution is 2.35. The Morgan fingerprint density at radius 3 is 2.53 bits per heavy atom. The second-order valence-electron chi connectivity index (χ2n) is 9.72. The Labute approximate surface area is 204 Å². The van der Waals surface area contributed by atoms with E-state index < -0.39 is 16.3 Å². The Morgan fingerprint density at radius 2 is 1.79 bits per heavy atom. The first-order chi connectivity index (χ1) is 16.5.